The predicted molar refractivity (Wildman–Crippen MR) is 109 cm³/mol. The summed E-state index contributed by atoms with van der Waals surface area (Å²) in [5.74, 6) is 0.996. The largest absolute Gasteiger partial charge is 0.353 e. The lowest BCUT2D eigenvalue weighted by molar-refractivity contribution is -0.127. The van der Waals surface area contributed by atoms with E-state index in [9.17, 15) is 9.59 Å². The van der Waals surface area contributed by atoms with Gasteiger partial charge in [-0.05, 0) is 36.8 Å². The molecule has 0 bridgehead atoms. The summed E-state index contributed by atoms with van der Waals surface area (Å²) >= 11 is 0. The van der Waals surface area contributed by atoms with Gasteiger partial charge in [0.1, 0.15) is 0 Å². The molecule has 2 fully saturated rings. The van der Waals surface area contributed by atoms with E-state index in [0.29, 0.717) is 19.5 Å². The van der Waals surface area contributed by atoms with Crippen molar-refractivity contribution in [2.45, 2.75) is 63.8 Å². The molecule has 0 radical (unpaired) electrons. The second-order valence-corrected chi connectivity index (χ2v) is 7.95. The van der Waals surface area contributed by atoms with Crippen LogP contribution in [0.1, 0.15) is 63.4 Å². The maximum atomic E-state index is 12.3. The molecule has 2 aliphatic rings. The summed E-state index contributed by atoms with van der Waals surface area (Å²) in [6, 6.07) is 10.1. The average molecular weight is 369 g/mol. The Hall–Kier alpha value is -2.10. The second-order valence-electron chi connectivity index (χ2n) is 7.95. The van der Waals surface area contributed by atoms with Crippen molar-refractivity contribution in [1.29, 1.82) is 0 Å². The van der Waals surface area contributed by atoms with Gasteiger partial charge >= 0.3 is 0 Å². The van der Waals surface area contributed by atoms with E-state index < -0.39 is 0 Å². The highest BCUT2D eigenvalue weighted by atomic mass is 16.2. The molecule has 1 N–H and O–H groups in total. The number of benzene rings is 1. The van der Waals surface area contributed by atoms with E-state index >= 15 is 0 Å². The third-order valence-electron chi connectivity index (χ3n) is 5.89. The van der Waals surface area contributed by atoms with Gasteiger partial charge in [0.05, 0.1) is 0 Å². The van der Waals surface area contributed by atoms with E-state index in [4.69, 9.17) is 0 Å². The fraction of sp³-hybridized carbons (Fsp3) is 0.565. The first kappa shape index (κ1) is 19.7. The number of amides is 2. The van der Waals surface area contributed by atoms with Crippen LogP contribution in [-0.2, 0) is 9.59 Å². The zero-order valence-electron chi connectivity index (χ0n) is 16.2. The second kappa shape index (κ2) is 10.3. The highest BCUT2D eigenvalue weighted by molar-refractivity contribution is 5.91. The first-order valence-corrected chi connectivity index (χ1v) is 10.5. The molecule has 1 heterocycles. The Balaban J connectivity index is 1.35. The molecular formula is C23H32N2O2. The number of piperidine rings is 1. The minimum absolute atomic E-state index is 0.0564. The number of hydrogen-bond donors (Lipinski definition) is 1. The number of nitrogens with one attached hydrogen (secondary N) is 1. The van der Waals surface area contributed by atoms with Crippen LogP contribution in [0, 0.1) is 5.92 Å². The van der Waals surface area contributed by atoms with Gasteiger partial charge in [-0.15, -0.1) is 0 Å². The van der Waals surface area contributed by atoms with Crippen LogP contribution in [0.5, 0.6) is 0 Å². The Morgan fingerprint density at radius 1 is 1.00 bits per heavy atom. The van der Waals surface area contributed by atoms with Crippen LogP contribution in [0.2, 0.25) is 0 Å². The molecule has 0 aromatic heterocycles. The maximum Gasteiger partial charge on any atom is 0.246 e. The van der Waals surface area contributed by atoms with Crippen LogP contribution >= 0.6 is 0 Å². The van der Waals surface area contributed by atoms with Crippen molar-refractivity contribution < 1.29 is 9.59 Å². The Labute approximate surface area is 163 Å². The van der Waals surface area contributed by atoms with Crippen molar-refractivity contribution in [1.82, 2.24) is 10.2 Å². The topological polar surface area (TPSA) is 49.4 Å². The summed E-state index contributed by atoms with van der Waals surface area (Å²) in [5.41, 5.74) is 1.03. The molecule has 4 nitrogen and oxygen atoms in total. The molecule has 0 unspecified atom stereocenters. The SMILES string of the molecule is O=C(CCC1CCCCC1)NC1CCN(C(=O)/C=C/c2ccccc2)CC1. The van der Waals surface area contributed by atoms with Crippen molar-refractivity contribution in [3.8, 4) is 0 Å². The molecule has 0 spiro atoms. The summed E-state index contributed by atoms with van der Waals surface area (Å²) in [4.78, 5) is 26.4. The average Bonchev–Trinajstić information content (AvgIpc) is 2.72. The molecule has 27 heavy (non-hydrogen) atoms. The Bertz CT molecular complexity index is 627. The number of carbonyl (C=O) groups excluding carboxylic acids is 2. The summed E-state index contributed by atoms with van der Waals surface area (Å²) in [5, 5.41) is 3.18. The van der Waals surface area contributed by atoms with E-state index in [1.54, 1.807) is 6.08 Å². The first-order valence-electron chi connectivity index (χ1n) is 10.5. The lowest BCUT2D eigenvalue weighted by Gasteiger charge is -2.32. The summed E-state index contributed by atoms with van der Waals surface area (Å²) in [6.45, 7) is 1.43. The predicted octanol–water partition coefficient (Wildman–Crippen LogP) is 4.17. The van der Waals surface area contributed by atoms with Gasteiger partial charge in [0.25, 0.3) is 0 Å². The van der Waals surface area contributed by atoms with Crippen molar-refractivity contribution in [3.05, 3.63) is 42.0 Å². The summed E-state index contributed by atoms with van der Waals surface area (Å²) in [6.07, 6.45) is 13.5. The van der Waals surface area contributed by atoms with E-state index in [0.717, 1.165) is 30.7 Å². The van der Waals surface area contributed by atoms with Crippen LogP contribution in [0.4, 0.5) is 0 Å². The number of nitrogens with zero attached hydrogens (tertiary/aromatic N) is 1. The van der Waals surface area contributed by atoms with Gasteiger partial charge in [0.2, 0.25) is 11.8 Å². The Morgan fingerprint density at radius 3 is 2.41 bits per heavy atom. The summed E-state index contributed by atoms with van der Waals surface area (Å²) in [7, 11) is 0. The van der Waals surface area contributed by atoms with Gasteiger partial charge in [-0.3, -0.25) is 9.59 Å². The number of hydrogen-bond acceptors (Lipinski definition) is 2. The zero-order valence-corrected chi connectivity index (χ0v) is 16.2. The normalized spacial score (nSPS) is 19.3. The van der Waals surface area contributed by atoms with Gasteiger partial charge in [0, 0.05) is 31.6 Å². The third kappa shape index (κ3) is 6.53. The smallest absolute Gasteiger partial charge is 0.246 e. The Morgan fingerprint density at radius 2 is 1.70 bits per heavy atom. The van der Waals surface area contributed by atoms with Crippen LogP contribution in [0.25, 0.3) is 6.08 Å². The minimum Gasteiger partial charge on any atom is -0.353 e. The third-order valence-corrected chi connectivity index (χ3v) is 5.89. The van der Waals surface area contributed by atoms with Crippen molar-refractivity contribution >= 4 is 17.9 Å². The number of carbonyl (C=O) groups is 2. The molecule has 3 rings (SSSR count). The van der Waals surface area contributed by atoms with Crippen molar-refractivity contribution in [2.24, 2.45) is 5.92 Å². The maximum absolute atomic E-state index is 12.3. The molecule has 1 saturated carbocycles. The fourth-order valence-electron chi connectivity index (χ4n) is 4.19. The molecule has 2 amide bonds. The lowest BCUT2D eigenvalue weighted by Crippen LogP contribution is -2.46. The highest BCUT2D eigenvalue weighted by Gasteiger charge is 2.23. The van der Waals surface area contributed by atoms with Crippen molar-refractivity contribution in [3.63, 3.8) is 0 Å². The van der Waals surface area contributed by atoms with Gasteiger partial charge in [0.15, 0.2) is 0 Å². The molecule has 0 atom stereocenters. The van der Waals surface area contributed by atoms with Crippen LogP contribution in [0.3, 0.4) is 0 Å². The van der Waals surface area contributed by atoms with Gasteiger partial charge < -0.3 is 10.2 Å². The van der Waals surface area contributed by atoms with E-state index in [2.05, 4.69) is 5.32 Å². The first-order chi connectivity index (χ1) is 13.2. The molecular weight excluding hydrogens is 336 g/mol. The quantitative estimate of drug-likeness (QED) is 0.766. The lowest BCUT2D eigenvalue weighted by atomic mass is 9.86. The molecule has 146 valence electrons. The molecule has 1 aromatic carbocycles. The van der Waals surface area contributed by atoms with Crippen molar-refractivity contribution in [2.75, 3.05) is 13.1 Å². The molecule has 1 aromatic rings. The Kier molecular flexibility index (Phi) is 7.49. The summed E-state index contributed by atoms with van der Waals surface area (Å²) < 4.78 is 0. The van der Waals surface area contributed by atoms with Crippen LogP contribution < -0.4 is 5.32 Å². The number of rotatable bonds is 6. The highest BCUT2D eigenvalue weighted by Crippen LogP contribution is 2.27. The zero-order chi connectivity index (χ0) is 18.9. The van der Waals surface area contributed by atoms with E-state index in [1.165, 1.54) is 32.1 Å². The standard InChI is InChI=1S/C23H32N2O2/c26-22(13-11-19-7-3-1-4-8-19)24-21-15-17-25(18-16-21)23(27)14-12-20-9-5-2-6-10-20/h2,5-6,9-10,12,14,19,21H,1,3-4,7-8,11,13,15-18H2,(H,24,26)/b14-12+. The van der Waals surface area contributed by atoms with Crippen LogP contribution in [0.15, 0.2) is 36.4 Å². The minimum atomic E-state index is 0.0564. The monoisotopic (exact) mass is 368 g/mol. The van der Waals surface area contributed by atoms with Crippen LogP contribution in [-0.4, -0.2) is 35.8 Å². The molecule has 4 heteroatoms. The van der Waals surface area contributed by atoms with E-state index in [1.807, 2.05) is 41.3 Å². The molecule has 1 aliphatic heterocycles. The fourth-order valence-corrected chi connectivity index (χ4v) is 4.19. The van der Waals surface area contributed by atoms with Gasteiger partial charge in [-0.2, -0.15) is 0 Å². The van der Waals surface area contributed by atoms with Gasteiger partial charge in [-0.25, -0.2) is 0 Å². The van der Waals surface area contributed by atoms with E-state index in [-0.39, 0.29) is 17.9 Å². The molecule has 1 aliphatic carbocycles. The van der Waals surface area contributed by atoms with Gasteiger partial charge in [-0.1, -0.05) is 62.4 Å². The number of likely N-dealkylation sites (tertiary alicyclic amines) is 1. The molecule has 1 saturated heterocycles.